The van der Waals surface area contributed by atoms with Crippen LogP contribution in [0.1, 0.15) is 36.8 Å². The zero-order valence-electron chi connectivity index (χ0n) is 34.2. The van der Waals surface area contributed by atoms with Gasteiger partial charge in [0.25, 0.3) is 23.6 Å². The van der Waals surface area contributed by atoms with Crippen LogP contribution in [-0.4, -0.2) is 70.9 Å². The van der Waals surface area contributed by atoms with Gasteiger partial charge < -0.3 is 30.0 Å². The van der Waals surface area contributed by atoms with Gasteiger partial charge in [0.05, 0.1) is 11.1 Å². The van der Waals surface area contributed by atoms with Crippen LogP contribution < -0.4 is 26.6 Å². The number of hydrogen-bond donors (Lipinski definition) is 5. The number of hydrogen-bond acceptors (Lipinski definition) is 8. The van der Waals surface area contributed by atoms with Crippen molar-refractivity contribution in [1.29, 1.82) is 0 Å². The maximum absolute atomic E-state index is 12.8. The number of imide groups is 2. The predicted octanol–water partition coefficient (Wildman–Crippen LogP) is 6.58. The molecule has 2 unspecified atom stereocenters. The molecule has 0 radical (unpaired) electrons. The van der Waals surface area contributed by atoms with E-state index in [1.165, 1.54) is 25.7 Å². The molecule has 0 spiro atoms. The number of carbonyl (C=O) groups is 4. The van der Waals surface area contributed by atoms with E-state index in [2.05, 4.69) is 59.8 Å². The molecule has 6 heterocycles. The first-order valence-electron chi connectivity index (χ1n) is 21.2. The Morgan fingerprint density at radius 3 is 1.54 bits per heavy atom. The summed E-state index contributed by atoms with van der Waals surface area (Å²) in [5.41, 5.74) is 6.70. The summed E-state index contributed by atoms with van der Waals surface area (Å²) in [4.78, 5) is 53.2. The molecular formula is C49H50N8O4. The minimum absolute atomic E-state index is 0.299. The molecule has 4 aliphatic heterocycles. The van der Waals surface area contributed by atoms with Gasteiger partial charge in [-0.3, -0.25) is 29.8 Å². The van der Waals surface area contributed by atoms with Gasteiger partial charge in [0, 0.05) is 76.3 Å². The average molecular weight is 815 g/mol. The molecule has 10 rings (SSSR count). The highest BCUT2D eigenvalue weighted by Gasteiger charge is 2.35. The van der Waals surface area contributed by atoms with Gasteiger partial charge in [-0.25, -0.2) is 0 Å². The van der Waals surface area contributed by atoms with Crippen LogP contribution in [-0.2, 0) is 32.3 Å². The van der Waals surface area contributed by atoms with Gasteiger partial charge in [0.2, 0.25) is 0 Å². The molecule has 2 fully saturated rings. The molecule has 6 aromatic rings. The fourth-order valence-corrected chi connectivity index (χ4v) is 9.25. The minimum atomic E-state index is -0.396. The van der Waals surface area contributed by atoms with E-state index in [1.54, 1.807) is 0 Å². The maximum atomic E-state index is 12.8. The molecule has 0 saturated carbocycles. The molecule has 4 amide bonds. The number of piperidine rings is 2. The SMILES string of the molecule is CN1CCCC(Cn2cc(C3=C(Nc4ccccc4)C(=O)NC3=O)c3ccccc32)C1.O=C1NC(=O)C(c2cn(CC3CCCNC3)c3ccccc23)=C1Nc1ccccc1. The molecule has 12 nitrogen and oxygen atoms in total. The zero-order valence-corrected chi connectivity index (χ0v) is 34.2. The second-order valence-corrected chi connectivity index (χ2v) is 16.5. The normalized spacial score (nSPS) is 19.6. The molecule has 2 saturated heterocycles. The van der Waals surface area contributed by atoms with Crippen molar-refractivity contribution in [2.75, 3.05) is 43.9 Å². The highest BCUT2D eigenvalue weighted by molar-refractivity contribution is 6.39. The van der Waals surface area contributed by atoms with Gasteiger partial charge in [0.15, 0.2) is 0 Å². The summed E-state index contributed by atoms with van der Waals surface area (Å²) in [6, 6.07) is 35.1. The number of rotatable bonds is 10. The van der Waals surface area contributed by atoms with Gasteiger partial charge in [-0.2, -0.15) is 0 Å². The van der Waals surface area contributed by atoms with E-state index < -0.39 is 11.8 Å². The first-order valence-corrected chi connectivity index (χ1v) is 21.2. The standard InChI is InChI=1S/C25H26N4O2.C24H24N4O2/c1-28-13-7-8-17(14-28)15-29-16-20(19-11-5-6-12-21(19)29)22-23(25(31)27-24(22)30)26-18-9-3-2-4-10-18;29-23-21(22(24(30)27-23)26-17-8-2-1-3-9-17)19-15-28(14-16-7-6-12-25-13-16)20-11-5-4-10-18(19)20/h2-6,9-12,16-17H,7-8,13-15H2,1H3,(H2,26,27,30,31);1-5,8-11,15-16,25H,6-7,12-14H2,(H2,26,27,29,30). The summed E-state index contributed by atoms with van der Waals surface area (Å²) in [5, 5.41) is 16.7. The molecule has 61 heavy (non-hydrogen) atoms. The smallest absolute Gasteiger partial charge is 0.275 e. The van der Waals surface area contributed by atoms with Crippen LogP contribution in [0.5, 0.6) is 0 Å². The van der Waals surface area contributed by atoms with E-state index in [4.69, 9.17) is 0 Å². The molecule has 2 aromatic heterocycles. The molecule has 4 aliphatic rings. The first-order chi connectivity index (χ1) is 29.8. The Labute approximate surface area is 354 Å². The second-order valence-electron chi connectivity index (χ2n) is 16.5. The Morgan fingerprint density at radius 1 is 0.574 bits per heavy atom. The van der Waals surface area contributed by atoms with Crippen LogP contribution in [0.4, 0.5) is 11.4 Å². The number of amides is 4. The van der Waals surface area contributed by atoms with Crippen molar-refractivity contribution in [2.24, 2.45) is 11.8 Å². The Balaban J connectivity index is 0.000000156. The fourth-order valence-electron chi connectivity index (χ4n) is 9.25. The lowest BCUT2D eigenvalue weighted by Crippen LogP contribution is -2.33. The Kier molecular flexibility index (Phi) is 11.4. The number of nitrogens with one attached hydrogen (secondary N) is 5. The van der Waals surface area contributed by atoms with Crippen molar-refractivity contribution in [2.45, 2.75) is 38.8 Å². The largest absolute Gasteiger partial charge is 0.350 e. The van der Waals surface area contributed by atoms with Gasteiger partial charge in [-0.1, -0.05) is 72.8 Å². The van der Waals surface area contributed by atoms with Crippen molar-refractivity contribution in [3.8, 4) is 0 Å². The molecule has 5 N–H and O–H groups in total. The van der Waals surface area contributed by atoms with Crippen molar-refractivity contribution in [3.05, 3.63) is 144 Å². The molecule has 12 heteroatoms. The number of anilines is 2. The van der Waals surface area contributed by atoms with E-state index in [-0.39, 0.29) is 11.8 Å². The van der Waals surface area contributed by atoms with E-state index in [9.17, 15) is 19.2 Å². The highest BCUT2D eigenvalue weighted by atomic mass is 16.2. The summed E-state index contributed by atoms with van der Waals surface area (Å²) in [6.07, 6.45) is 8.86. The number of carbonyl (C=O) groups excluding carboxylic acids is 4. The van der Waals surface area contributed by atoms with Crippen LogP contribution in [0.25, 0.3) is 33.0 Å². The number of para-hydroxylation sites is 4. The summed E-state index contributed by atoms with van der Waals surface area (Å²) < 4.78 is 4.48. The minimum Gasteiger partial charge on any atom is -0.350 e. The third kappa shape index (κ3) is 8.37. The number of nitrogens with zero attached hydrogens (tertiary/aromatic N) is 3. The fraction of sp³-hybridized carbons (Fsp3) is 0.265. The number of benzene rings is 4. The highest BCUT2D eigenvalue weighted by Crippen LogP contribution is 2.35. The first kappa shape index (κ1) is 39.7. The summed E-state index contributed by atoms with van der Waals surface area (Å²) in [6.45, 7) is 6.09. The van der Waals surface area contributed by atoms with Crippen molar-refractivity contribution in [1.82, 2.24) is 30.0 Å². The topological polar surface area (TPSA) is 142 Å². The molecule has 2 atom stereocenters. The number of aromatic nitrogens is 2. The van der Waals surface area contributed by atoms with E-state index >= 15 is 0 Å². The summed E-state index contributed by atoms with van der Waals surface area (Å²) in [7, 11) is 2.17. The Bertz CT molecular complexity index is 2690. The molecular weight excluding hydrogens is 765 g/mol. The summed E-state index contributed by atoms with van der Waals surface area (Å²) >= 11 is 0. The molecule has 4 aromatic carbocycles. The van der Waals surface area contributed by atoms with Crippen LogP contribution in [0.15, 0.2) is 133 Å². The lowest BCUT2D eigenvalue weighted by Gasteiger charge is -2.30. The van der Waals surface area contributed by atoms with E-state index in [0.717, 1.165) is 83.6 Å². The predicted molar refractivity (Wildman–Crippen MR) is 240 cm³/mol. The lowest BCUT2D eigenvalue weighted by atomic mass is 9.98. The third-order valence-corrected chi connectivity index (χ3v) is 12.1. The van der Waals surface area contributed by atoms with Crippen LogP contribution in [0.3, 0.4) is 0 Å². The van der Waals surface area contributed by atoms with Crippen molar-refractivity contribution >= 4 is 68.0 Å². The van der Waals surface area contributed by atoms with E-state index in [0.29, 0.717) is 34.4 Å². The maximum Gasteiger partial charge on any atom is 0.275 e. The quantitative estimate of drug-likeness (QED) is 0.0978. The molecule has 310 valence electrons. The Hall–Kier alpha value is -6.76. The van der Waals surface area contributed by atoms with Gasteiger partial charge in [0.1, 0.15) is 11.4 Å². The number of fused-ring (bicyclic) bond motifs is 2. The third-order valence-electron chi connectivity index (χ3n) is 12.1. The number of likely N-dealkylation sites (tertiary alicyclic amines) is 1. The molecule has 0 bridgehead atoms. The average Bonchev–Trinajstić information content (AvgIpc) is 3.98. The van der Waals surface area contributed by atoms with Crippen LogP contribution in [0, 0.1) is 11.8 Å². The molecule has 0 aliphatic carbocycles. The van der Waals surface area contributed by atoms with Crippen LogP contribution >= 0.6 is 0 Å². The monoisotopic (exact) mass is 814 g/mol. The zero-order chi connectivity index (χ0) is 41.9. The lowest BCUT2D eigenvalue weighted by molar-refractivity contribution is -0.125. The second kappa shape index (κ2) is 17.5. The Morgan fingerprint density at radius 2 is 1.05 bits per heavy atom. The van der Waals surface area contributed by atoms with Crippen LogP contribution in [0.2, 0.25) is 0 Å². The van der Waals surface area contributed by atoms with Gasteiger partial charge in [-0.15, -0.1) is 0 Å². The van der Waals surface area contributed by atoms with Crippen molar-refractivity contribution < 1.29 is 19.2 Å². The van der Waals surface area contributed by atoms with Gasteiger partial charge >= 0.3 is 0 Å². The van der Waals surface area contributed by atoms with Crippen molar-refractivity contribution in [3.63, 3.8) is 0 Å². The van der Waals surface area contributed by atoms with E-state index in [1.807, 2.05) is 109 Å². The summed E-state index contributed by atoms with van der Waals surface area (Å²) in [5.74, 6) is -0.388. The van der Waals surface area contributed by atoms with Gasteiger partial charge in [-0.05, 0) is 101 Å².